The highest BCUT2D eigenvalue weighted by Gasteiger charge is 2.09. The maximum Gasteiger partial charge on any atom is 0.343 e. The van der Waals surface area contributed by atoms with E-state index in [-0.39, 0.29) is 6.10 Å². The van der Waals surface area contributed by atoms with E-state index in [2.05, 4.69) is 25.8 Å². The number of benzene rings is 3. The van der Waals surface area contributed by atoms with Crippen LogP contribution in [-0.4, -0.2) is 24.9 Å². The van der Waals surface area contributed by atoms with Crippen LogP contribution in [0.2, 0.25) is 0 Å². The maximum atomic E-state index is 12.6. The highest BCUT2D eigenvalue weighted by atomic mass is 16.5. The number of hydrogen-bond donors (Lipinski definition) is 0. The molecule has 3 aromatic rings. The summed E-state index contributed by atoms with van der Waals surface area (Å²) in [5.41, 5.74) is 2.25. The van der Waals surface area contributed by atoms with Crippen molar-refractivity contribution in [2.24, 2.45) is 4.99 Å². The highest BCUT2D eigenvalue weighted by Crippen LogP contribution is 2.21. The van der Waals surface area contributed by atoms with Gasteiger partial charge in [-0.1, -0.05) is 71.6 Å². The Kier molecular flexibility index (Phi) is 15.3. The first kappa shape index (κ1) is 32.9. The smallest absolute Gasteiger partial charge is 0.343 e. The van der Waals surface area contributed by atoms with Crippen LogP contribution in [0.1, 0.15) is 114 Å². The molecule has 0 saturated carbocycles. The molecule has 5 nitrogen and oxygen atoms in total. The summed E-state index contributed by atoms with van der Waals surface area (Å²) in [4.78, 5) is 17.2. The van der Waals surface area contributed by atoms with E-state index in [1.807, 2.05) is 48.5 Å². The third kappa shape index (κ3) is 12.9. The number of hydrogen-bond acceptors (Lipinski definition) is 5. The van der Waals surface area contributed by atoms with Crippen LogP contribution in [0.15, 0.2) is 77.8 Å². The fourth-order valence-corrected chi connectivity index (χ4v) is 4.63. The second-order valence-electron chi connectivity index (χ2n) is 11.0. The minimum Gasteiger partial charge on any atom is -0.494 e. The monoisotopic (exact) mass is 571 g/mol. The van der Waals surface area contributed by atoms with Crippen LogP contribution in [0.25, 0.3) is 0 Å². The van der Waals surface area contributed by atoms with Crippen LogP contribution in [0.4, 0.5) is 5.69 Å². The number of unbranched alkanes of at least 4 members (excludes halogenated alkanes) is 9. The quantitative estimate of drug-likeness (QED) is 0.0586. The van der Waals surface area contributed by atoms with Crippen LogP contribution < -0.4 is 14.2 Å². The van der Waals surface area contributed by atoms with Gasteiger partial charge in [0.2, 0.25) is 0 Å². The Morgan fingerprint density at radius 2 is 1.26 bits per heavy atom. The van der Waals surface area contributed by atoms with Gasteiger partial charge in [-0.3, -0.25) is 4.99 Å². The standard InChI is InChI=1S/C37H49NO4/c1-4-6-8-10-11-12-14-28-40-34-24-18-32(19-25-34)37(39)42-36-22-16-31(17-23-36)29-38-33-20-26-35(27-21-33)41-30(3)15-13-9-7-5-2/h16-27,29-30H,4-15,28H2,1-3H3/t30-/m1/s1. The van der Waals surface area contributed by atoms with Crippen molar-refractivity contribution in [2.45, 2.75) is 104 Å². The SMILES string of the molecule is CCCCCCCCCOc1ccc(C(=O)Oc2ccc(C=Nc3ccc(O[C@H](C)CCCCCC)cc3)cc2)cc1. The van der Waals surface area contributed by atoms with Gasteiger partial charge in [-0.15, -0.1) is 0 Å². The second kappa shape index (κ2) is 19.5. The molecule has 0 N–H and O–H groups in total. The highest BCUT2D eigenvalue weighted by molar-refractivity contribution is 5.91. The van der Waals surface area contributed by atoms with Gasteiger partial charge in [0, 0.05) is 6.21 Å². The molecule has 226 valence electrons. The van der Waals surface area contributed by atoms with Crippen LogP contribution in [-0.2, 0) is 0 Å². The number of nitrogens with zero attached hydrogens (tertiary/aromatic N) is 1. The molecule has 3 rings (SSSR count). The molecule has 0 aliphatic rings. The molecule has 0 amide bonds. The molecule has 5 heteroatoms. The van der Waals surface area contributed by atoms with Gasteiger partial charge in [-0.05, 0) is 105 Å². The van der Waals surface area contributed by atoms with E-state index in [1.165, 1.54) is 64.2 Å². The predicted octanol–water partition coefficient (Wildman–Crippen LogP) is 10.5. The fraction of sp³-hybridized carbons (Fsp3) is 0.459. The minimum absolute atomic E-state index is 0.210. The van der Waals surface area contributed by atoms with Crippen molar-refractivity contribution in [3.8, 4) is 17.2 Å². The van der Waals surface area contributed by atoms with Gasteiger partial charge in [0.1, 0.15) is 17.2 Å². The lowest BCUT2D eigenvalue weighted by molar-refractivity contribution is 0.0734. The Morgan fingerprint density at radius 1 is 0.690 bits per heavy atom. The molecule has 0 saturated heterocycles. The first-order valence-corrected chi connectivity index (χ1v) is 15.9. The number of esters is 1. The molecule has 0 radical (unpaired) electrons. The fourth-order valence-electron chi connectivity index (χ4n) is 4.63. The zero-order valence-electron chi connectivity index (χ0n) is 25.9. The van der Waals surface area contributed by atoms with E-state index in [9.17, 15) is 4.79 Å². The molecule has 0 fully saturated rings. The van der Waals surface area contributed by atoms with Gasteiger partial charge in [0.15, 0.2) is 0 Å². The topological polar surface area (TPSA) is 57.1 Å². The predicted molar refractivity (Wildman–Crippen MR) is 174 cm³/mol. The van der Waals surface area contributed by atoms with Gasteiger partial charge in [-0.25, -0.2) is 4.79 Å². The number of carbonyl (C=O) groups excluding carboxylic acids is 1. The van der Waals surface area contributed by atoms with E-state index in [0.29, 0.717) is 17.9 Å². The van der Waals surface area contributed by atoms with E-state index < -0.39 is 5.97 Å². The molecular formula is C37H49NO4. The Morgan fingerprint density at radius 3 is 1.93 bits per heavy atom. The summed E-state index contributed by atoms with van der Waals surface area (Å²) in [5.74, 6) is 1.74. The summed E-state index contributed by atoms with van der Waals surface area (Å²) in [5, 5.41) is 0. The van der Waals surface area contributed by atoms with Gasteiger partial charge >= 0.3 is 5.97 Å². The molecule has 42 heavy (non-hydrogen) atoms. The molecule has 0 aromatic heterocycles. The van der Waals surface area contributed by atoms with E-state index >= 15 is 0 Å². The van der Waals surface area contributed by atoms with Crippen LogP contribution in [0, 0.1) is 0 Å². The third-order valence-corrected chi connectivity index (χ3v) is 7.20. The average Bonchev–Trinajstić information content (AvgIpc) is 3.01. The van der Waals surface area contributed by atoms with Crippen molar-refractivity contribution in [3.05, 3.63) is 83.9 Å². The lowest BCUT2D eigenvalue weighted by atomic mass is 10.1. The zero-order valence-corrected chi connectivity index (χ0v) is 25.9. The van der Waals surface area contributed by atoms with Gasteiger partial charge in [0.05, 0.1) is 24.0 Å². The number of carbonyl (C=O) groups is 1. The molecule has 0 aliphatic carbocycles. The van der Waals surface area contributed by atoms with Gasteiger partial charge in [0.25, 0.3) is 0 Å². The summed E-state index contributed by atoms with van der Waals surface area (Å²) < 4.78 is 17.4. The van der Waals surface area contributed by atoms with E-state index in [0.717, 1.165) is 35.6 Å². The summed E-state index contributed by atoms with van der Waals surface area (Å²) in [6, 6.07) is 22.3. The van der Waals surface area contributed by atoms with Crippen molar-refractivity contribution in [1.29, 1.82) is 0 Å². The van der Waals surface area contributed by atoms with Crippen molar-refractivity contribution in [2.75, 3.05) is 6.61 Å². The van der Waals surface area contributed by atoms with E-state index in [4.69, 9.17) is 14.2 Å². The zero-order chi connectivity index (χ0) is 29.8. The lowest BCUT2D eigenvalue weighted by Gasteiger charge is -2.14. The Balaban J connectivity index is 1.38. The van der Waals surface area contributed by atoms with Crippen molar-refractivity contribution >= 4 is 17.9 Å². The Bertz CT molecular complexity index is 1170. The molecular weight excluding hydrogens is 522 g/mol. The van der Waals surface area contributed by atoms with E-state index in [1.54, 1.807) is 30.5 Å². The van der Waals surface area contributed by atoms with Crippen LogP contribution in [0.5, 0.6) is 17.2 Å². The number of ether oxygens (including phenoxy) is 3. The third-order valence-electron chi connectivity index (χ3n) is 7.20. The average molecular weight is 572 g/mol. The first-order valence-electron chi connectivity index (χ1n) is 15.9. The molecule has 0 aliphatic heterocycles. The summed E-state index contributed by atoms with van der Waals surface area (Å²) in [6.07, 6.45) is 16.9. The minimum atomic E-state index is -0.396. The molecule has 1 atom stereocenters. The van der Waals surface area contributed by atoms with Gasteiger partial charge in [-0.2, -0.15) is 0 Å². The van der Waals surface area contributed by atoms with Crippen molar-refractivity contribution in [1.82, 2.24) is 0 Å². The molecule has 3 aromatic carbocycles. The second-order valence-corrected chi connectivity index (χ2v) is 11.0. The Labute approximate surface area is 253 Å². The summed E-state index contributed by atoms with van der Waals surface area (Å²) in [6.45, 7) is 7.29. The normalized spacial score (nSPS) is 11.9. The summed E-state index contributed by atoms with van der Waals surface area (Å²) in [7, 11) is 0. The molecule has 0 bridgehead atoms. The number of rotatable bonds is 20. The molecule has 0 unspecified atom stereocenters. The maximum absolute atomic E-state index is 12.6. The number of aliphatic imine (C=N–C) groups is 1. The lowest BCUT2D eigenvalue weighted by Crippen LogP contribution is -2.11. The van der Waals surface area contributed by atoms with Crippen LogP contribution >= 0.6 is 0 Å². The molecule has 0 spiro atoms. The van der Waals surface area contributed by atoms with Crippen molar-refractivity contribution < 1.29 is 19.0 Å². The van der Waals surface area contributed by atoms with Crippen LogP contribution in [0.3, 0.4) is 0 Å². The Hall–Kier alpha value is -3.60. The largest absolute Gasteiger partial charge is 0.494 e. The first-order chi connectivity index (χ1) is 20.6. The molecule has 0 heterocycles. The van der Waals surface area contributed by atoms with Gasteiger partial charge < -0.3 is 14.2 Å². The van der Waals surface area contributed by atoms with Crippen molar-refractivity contribution in [3.63, 3.8) is 0 Å². The summed E-state index contributed by atoms with van der Waals surface area (Å²) >= 11 is 0.